The van der Waals surface area contributed by atoms with Gasteiger partial charge in [-0.1, -0.05) is 50.3 Å². The van der Waals surface area contributed by atoms with E-state index in [4.69, 9.17) is 4.74 Å². The molecule has 2 atom stereocenters. The Balaban J connectivity index is 2.70. The molecule has 0 aromatic carbocycles. The Hall–Kier alpha value is 0.200. The summed E-state index contributed by atoms with van der Waals surface area (Å²) < 4.78 is 5.83. The fourth-order valence-electron chi connectivity index (χ4n) is 1.88. The van der Waals surface area contributed by atoms with Gasteiger partial charge in [0.25, 0.3) is 0 Å². The van der Waals surface area contributed by atoms with Crippen molar-refractivity contribution < 1.29 is 9.53 Å². The van der Waals surface area contributed by atoms with Gasteiger partial charge < -0.3 is 4.74 Å². The van der Waals surface area contributed by atoms with Crippen LogP contribution in [0.2, 0.25) is 0 Å². The van der Waals surface area contributed by atoms with Crippen LogP contribution < -0.4 is 0 Å². The fraction of sp³-hybridized carbons (Fsp3) is 0.909. The number of hydrogen-bond acceptors (Lipinski definition) is 2. The number of halogens is 1. The molecule has 2 nitrogen and oxygen atoms in total. The van der Waals surface area contributed by atoms with Crippen molar-refractivity contribution in [2.45, 2.75) is 50.6 Å². The van der Waals surface area contributed by atoms with Gasteiger partial charge in [-0.2, -0.15) is 0 Å². The van der Waals surface area contributed by atoms with Crippen molar-refractivity contribution in [3.8, 4) is 0 Å². The molecule has 3 heteroatoms. The van der Waals surface area contributed by atoms with E-state index in [1.165, 1.54) is 0 Å². The Morgan fingerprint density at radius 2 is 2.14 bits per heavy atom. The van der Waals surface area contributed by atoms with Crippen molar-refractivity contribution in [1.29, 1.82) is 0 Å². The number of carbonyl (C=O) groups is 1. The lowest BCUT2D eigenvalue weighted by atomic mass is 9.80. The van der Waals surface area contributed by atoms with E-state index < -0.39 is 0 Å². The molecule has 82 valence electrons. The molecule has 14 heavy (non-hydrogen) atoms. The summed E-state index contributed by atoms with van der Waals surface area (Å²) in [5.41, 5.74) is 0.0788. The molecular formula is C11H19IO2. The van der Waals surface area contributed by atoms with Gasteiger partial charge in [0, 0.05) is 0 Å². The van der Waals surface area contributed by atoms with Crippen LogP contribution in [0.1, 0.15) is 40.5 Å². The molecule has 1 saturated heterocycles. The van der Waals surface area contributed by atoms with Crippen LogP contribution >= 0.6 is 22.6 Å². The summed E-state index contributed by atoms with van der Waals surface area (Å²) in [6, 6.07) is 0. The maximum absolute atomic E-state index is 11.4. The van der Waals surface area contributed by atoms with Crippen molar-refractivity contribution in [3.05, 3.63) is 0 Å². The summed E-state index contributed by atoms with van der Waals surface area (Å²) in [6.07, 6.45) is 1.63. The molecule has 0 aromatic heterocycles. The largest absolute Gasteiger partial charge is 0.461 e. The third-order valence-electron chi connectivity index (χ3n) is 2.66. The van der Waals surface area contributed by atoms with Crippen LogP contribution in [0.4, 0.5) is 0 Å². The first kappa shape index (κ1) is 12.3. The summed E-state index contributed by atoms with van der Waals surface area (Å²) in [6.45, 7) is 8.63. The van der Waals surface area contributed by atoms with E-state index in [9.17, 15) is 4.79 Å². The zero-order chi connectivity index (χ0) is 10.9. The maximum atomic E-state index is 11.4. The molecule has 1 aliphatic rings. The predicted molar refractivity (Wildman–Crippen MR) is 65.5 cm³/mol. The van der Waals surface area contributed by atoms with Gasteiger partial charge in [-0.05, 0) is 17.8 Å². The van der Waals surface area contributed by atoms with Crippen LogP contribution in [0.15, 0.2) is 0 Å². The smallest absolute Gasteiger partial charge is 0.306 e. The molecule has 0 saturated carbocycles. The normalized spacial score (nSPS) is 31.7. The third kappa shape index (κ3) is 2.84. The molecule has 0 N–H and O–H groups in total. The van der Waals surface area contributed by atoms with Gasteiger partial charge >= 0.3 is 5.97 Å². The van der Waals surface area contributed by atoms with Crippen molar-refractivity contribution >= 4 is 28.6 Å². The highest BCUT2D eigenvalue weighted by molar-refractivity contribution is 14.1. The lowest BCUT2D eigenvalue weighted by molar-refractivity contribution is -0.159. The standard InChI is InChI=1S/C11H19IO2/c1-7(2)5-8-10(12)11(3,4)6-9(13)14-8/h7-8,10H,5-6H2,1-4H3/t8-,10-/m1/s1. The third-order valence-corrected chi connectivity index (χ3v) is 5.15. The number of cyclic esters (lactones) is 1. The van der Waals surface area contributed by atoms with Crippen LogP contribution in [0, 0.1) is 11.3 Å². The number of rotatable bonds is 2. The average Bonchev–Trinajstić information content (AvgIpc) is 1.97. The van der Waals surface area contributed by atoms with Crippen LogP contribution in [0.5, 0.6) is 0 Å². The molecule has 0 bridgehead atoms. The average molecular weight is 310 g/mol. The van der Waals surface area contributed by atoms with Crippen LogP contribution in [0.25, 0.3) is 0 Å². The number of hydrogen-bond donors (Lipinski definition) is 0. The second-order valence-electron chi connectivity index (χ2n) is 5.22. The number of ether oxygens (including phenoxy) is 1. The van der Waals surface area contributed by atoms with Crippen molar-refractivity contribution in [3.63, 3.8) is 0 Å². The minimum Gasteiger partial charge on any atom is -0.461 e. The predicted octanol–water partition coefficient (Wildman–Crippen LogP) is 3.18. The van der Waals surface area contributed by atoms with Gasteiger partial charge in [-0.25, -0.2) is 0 Å². The summed E-state index contributed by atoms with van der Waals surface area (Å²) in [5, 5.41) is 0. The van der Waals surface area contributed by atoms with E-state index in [-0.39, 0.29) is 17.5 Å². The zero-order valence-electron chi connectivity index (χ0n) is 9.34. The van der Waals surface area contributed by atoms with Gasteiger partial charge in [-0.15, -0.1) is 0 Å². The Morgan fingerprint density at radius 3 is 2.64 bits per heavy atom. The summed E-state index contributed by atoms with van der Waals surface area (Å²) in [4.78, 5) is 11.4. The molecule has 0 unspecified atom stereocenters. The molecule has 0 spiro atoms. The van der Waals surface area contributed by atoms with Gasteiger partial charge in [0.2, 0.25) is 0 Å². The summed E-state index contributed by atoms with van der Waals surface area (Å²) >= 11 is 2.43. The molecular weight excluding hydrogens is 291 g/mol. The van der Waals surface area contributed by atoms with Gasteiger partial charge in [-0.3, -0.25) is 4.79 Å². The number of esters is 1. The molecule has 0 radical (unpaired) electrons. The highest BCUT2D eigenvalue weighted by Gasteiger charge is 2.42. The van der Waals surface area contributed by atoms with E-state index in [0.29, 0.717) is 16.3 Å². The summed E-state index contributed by atoms with van der Waals surface area (Å²) in [5.74, 6) is 0.549. The first-order valence-corrected chi connectivity index (χ1v) is 6.41. The van der Waals surface area contributed by atoms with Crippen molar-refractivity contribution in [2.75, 3.05) is 0 Å². The molecule has 1 fully saturated rings. The highest BCUT2D eigenvalue weighted by atomic mass is 127. The minimum absolute atomic E-state index is 0.0337. The molecule has 1 rings (SSSR count). The van der Waals surface area contributed by atoms with Crippen molar-refractivity contribution in [1.82, 2.24) is 0 Å². The second-order valence-corrected chi connectivity index (χ2v) is 6.57. The van der Waals surface area contributed by atoms with E-state index in [2.05, 4.69) is 50.3 Å². The zero-order valence-corrected chi connectivity index (χ0v) is 11.5. The second kappa shape index (κ2) is 4.37. The maximum Gasteiger partial charge on any atom is 0.306 e. The first-order chi connectivity index (χ1) is 6.33. The van der Waals surface area contributed by atoms with E-state index in [1.54, 1.807) is 0 Å². The quantitative estimate of drug-likeness (QED) is 0.445. The lowest BCUT2D eigenvalue weighted by Gasteiger charge is -2.40. The Morgan fingerprint density at radius 1 is 1.57 bits per heavy atom. The van der Waals surface area contributed by atoms with Crippen LogP contribution in [-0.4, -0.2) is 16.0 Å². The molecule has 0 aromatic rings. The van der Waals surface area contributed by atoms with Crippen LogP contribution in [0.3, 0.4) is 0 Å². The van der Waals surface area contributed by atoms with Crippen LogP contribution in [-0.2, 0) is 9.53 Å². The highest BCUT2D eigenvalue weighted by Crippen LogP contribution is 2.40. The number of alkyl halides is 1. The van der Waals surface area contributed by atoms with Gasteiger partial charge in [0.1, 0.15) is 6.10 Å². The fourth-order valence-corrected chi connectivity index (χ4v) is 2.54. The minimum atomic E-state index is -0.0337. The molecule has 1 aliphatic heterocycles. The van der Waals surface area contributed by atoms with Gasteiger partial charge in [0.15, 0.2) is 0 Å². The summed E-state index contributed by atoms with van der Waals surface area (Å²) in [7, 11) is 0. The molecule has 1 heterocycles. The Labute approximate surface area is 99.9 Å². The van der Waals surface area contributed by atoms with E-state index in [0.717, 1.165) is 6.42 Å². The monoisotopic (exact) mass is 310 g/mol. The van der Waals surface area contributed by atoms with Crippen molar-refractivity contribution in [2.24, 2.45) is 11.3 Å². The Kier molecular flexibility index (Phi) is 3.83. The SMILES string of the molecule is CC(C)C[C@H]1OC(=O)CC(C)(C)[C@@H]1I. The lowest BCUT2D eigenvalue weighted by Crippen LogP contribution is -2.45. The topological polar surface area (TPSA) is 26.3 Å². The van der Waals surface area contributed by atoms with Gasteiger partial charge in [0.05, 0.1) is 10.3 Å². The molecule has 0 aliphatic carbocycles. The van der Waals surface area contributed by atoms with E-state index >= 15 is 0 Å². The van der Waals surface area contributed by atoms with E-state index in [1.807, 2.05) is 0 Å². The Bertz CT molecular complexity index is 223. The molecule has 0 amide bonds. The first-order valence-electron chi connectivity index (χ1n) is 5.16. The number of carbonyl (C=O) groups excluding carboxylic acids is 1.